The molecule has 0 atom stereocenters. The van der Waals surface area contributed by atoms with E-state index < -0.39 is 0 Å². The van der Waals surface area contributed by atoms with Gasteiger partial charge in [0.05, 0.1) is 0 Å². The van der Waals surface area contributed by atoms with Crippen LogP contribution in [0.5, 0.6) is 0 Å². The zero-order valence-electron chi connectivity index (χ0n) is 11.5. The van der Waals surface area contributed by atoms with E-state index in [9.17, 15) is 0 Å². The number of fused-ring (bicyclic) bond motifs is 1. The SMILES string of the molecule is Cc1cc(Br)cnc1N(C)c1ccc2ccccc2c1. The van der Waals surface area contributed by atoms with Crippen molar-refractivity contribution in [1.82, 2.24) is 4.98 Å². The molecular weight excluding hydrogens is 312 g/mol. The summed E-state index contributed by atoms with van der Waals surface area (Å²) in [5.74, 6) is 0.975. The lowest BCUT2D eigenvalue weighted by Crippen LogP contribution is -2.12. The van der Waals surface area contributed by atoms with E-state index in [4.69, 9.17) is 0 Å². The molecule has 0 saturated heterocycles. The maximum absolute atomic E-state index is 4.51. The van der Waals surface area contributed by atoms with Crippen molar-refractivity contribution in [2.75, 3.05) is 11.9 Å². The zero-order chi connectivity index (χ0) is 14.1. The quantitative estimate of drug-likeness (QED) is 0.653. The molecule has 0 aliphatic heterocycles. The first-order chi connectivity index (χ1) is 9.65. The van der Waals surface area contributed by atoms with Gasteiger partial charge < -0.3 is 4.90 Å². The number of rotatable bonds is 2. The Morgan fingerprint density at radius 3 is 2.50 bits per heavy atom. The summed E-state index contributed by atoms with van der Waals surface area (Å²) < 4.78 is 1.01. The zero-order valence-corrected chi connectivity index (χ0v) is 13.1. The number of benzene rings is 2. The Morgan fingerprint density at radius 1 is 1.00 bits per heavy atom. The molecular formula is C17H15BrN2. The Hall–Kier alpha value is -1.87. The van der Waals surface area contributed by atoms with Gasteiger partial charge in [0.1, 0.15) is 5.82 Å². The summed E-state index contributed by atoms with van der Waals surface area (Å²) in [4.78, 5) is 6.63. The van der Waals surface area contributed by atoms with Gasteiger partial charge in [-0.2, -0.15) is 0 Å². The van der Waals surface area contributed by atoms with E-state index in [1.54, 1.807) is 0 Å². The molecule has 3 rings (SSSR count). The van der Waals surface area contributed by atoms with Gasteiger partial charge in [-0.3, -0.25) is 0 Å². The van der Waals surface area contributed by atoms with Gasteiger partial charge in [0.2, 0.25) is 0 Å². The number of halogens is 1. The van der Waals surface area contributed by atoms with Crippen LogP contribution in [-0.4, -0.2) is 12.0 Å². The van der Waals surface area contributed by atoms with Gasteiger partial charge in [-0.25, -0.2) is 4.98 Å². The van der Waals surface area contributed by atoms with Gasteiger partial charge in [-0.1, -0.05) is 30.3 Å². The number of hydrogen-bond acceptors (Lipinski definition) is 2. The Kier molecular flexibility index (Phi) is 3.45. The average Bonchev–Trinajstić information content (AvgIpc) is 2.46. The van der Waals surface area contributed by atoms with Crippen molar-refractivity contribution in [1.29, 1.82) is 0 Å². The van der Waals surface area contributed by atoms with E-state index >= 15 is 0 Å². The van der Waals surface area contributed by atoms with Crippen LogP contribution in [-0.2, 0) is 0 Å². The van der Waals surface area contributed by atoms with Crippen molar-refractivity contribution in [3.8, 4) is 0 Å². The van der Waals surface area contributed by atoms with Crippen LogP contribution in [0.25, 0.3) is 10.8 Å². The maximum Gasteiger partial charge on any atom is 0.135 e. The van der Waals surface area contributed by atoms with Crippen LogP contribution in [0.1, 0.15) is 5.56 Å². The fraction of sp³-hybridized carbons (Fsp3) is 0.118. The molecule has 0 amide bonds. The lowest BCUT2D eigenvalue weighted by molar-refractivity contribution is 1.10. The van der Waals surface area contributed by atoms with Crippen molar-refractivity contribution in [2.45, 2.75) is 6.92 Å². The molecule has 3 aromatic rings. The minimum absolute atomic E-state index is 0.975. The van der Waals surface area contributed by atoms with Crippen LogP contribution in [0.4, 0.5) is 11.5 Å². The minimum atomic E-state index is 0.975. The molecule has 0 aliphatic rings. The number of hydrogen-bond donors (Lipinski definition) is 0. The molecule has 20 heavy (non-hydrogen) atoms. The summed E-state index contributed by atoms with van der Waals surface area (Å²) in [5, 5.41) is 2.50. The van der Waals surface area contributed by atoms with E-state index in [-0.39, 0.29) is 0 Å². The second-order valence-electron chi connectivity index (χ2n) is 4.88. The minimum Gasteiger partial charge on any atom is -0.329 e. The van der Waals surface area contributed by atoms with E-state index in [0.717, 1.165) is 21.5 Å². The number of aryl methyl sites for hydroxylation is 1. The second kappa shape index (κ2) is 5.25. The lowest BCUT2D eigenvalue weighted by atomic mass is 10.1. The van der Waals surface area contributed by atoms with Crippen LogP contribution < -0.4 is 4.90 Å². The van der Waals surface area contributed by atoms with Crippen molar-refractivity contribution in [3.63, 3.8) is 0 Å². The van der Waals surface area contributed by atoms with Crippen LogP contribution in [0.15, 0.2) is 59.2 Å². The van der Waals surface area contributed by atoms with Crippen molar-refractivity contribution in [3.05, 3.63) is 64.8 Å². The topological polar surface area (TPSA) is 16.1 Å². The molecule has 2 aromatic carbocycles. The maximum atomic E-state index is 4.51. The number of nitrogens with zero attached hydrogens (tertiary/aromatic N) is 2. The fourth-order valence-corrected chi connectivity index (χ4v) is 2.84. The number of pyridine rings is 1. The van der Waals surface area contributed by atoms with Crippen LogP contribution >= 0.6 is 15.9 Å². The molecule has 3 heteroatoms. The molecule has 0 aliphatic carbocycles. The Morgan fingerprint density at radius 2 is 1.75 bits per heavy atom. The Balaban J connectivity index is 2.05. The first-order valence-electron chi connectivity index (χ1n) is 6.50. The van der Waals surface area contributed by atoms with Crippen molar-refractivity contribution >= 4 is 38.2 Å². The molecule has 0 radical (unpaired) electrons. The second-order valence-corrected chi connectivity index (χ2v) is 5.80. The lowest BCUT2D eigenvalue weighted by Gasteiger charge is -2.20. The van der Waals surface area contributed by atoms with Crippen LogP contribution in [0, 0.1) is 6.92 Å². The van der Waals surface area contributed by atoms with Crippen molar-refractivity contribution in [2.24, 2.45) is 0 Å². The molecule has 0 N–H and O–H groups in total. The highest BCUT2D eigenvalue weighted by Crippen LogP contribution is 2.28. The smallest absolute Gasteiger partial charge is 0.135 e. The van der Waals surface area contributed by atoms with Gasteiger partial charge in [0.15, 0.2) is 0 Å². The monoisotopic (exact) mass is 326 g/mol. The number of aromatic nitrogens is 1. The van der Waals surface area contributed by atoms with Gasteiger partial charge >= 0.3 is 0 Å². The highest BCUT2D eigenvalue weighted by atomic mass is 79.9. The summed E-state index contributed by atoms with van der Waals surface area (Å²) in [5.41, 5.74) is 2.29. The standard InChI is InChI=1S/C17H15BrN2/c1-12-9-15(18)11-19-17(12)20(2)16-8-7-13-5-3-4-6-14(13)10-16/h3-11H,1-2H3. The average molecular weight is 327 g/mol. The predicted octanol–water partition coefficient (Wildman–Crippen LogP) is 5.07. The first-order valence-corrected chi connectivity index (χ1v) is 7.29. The third-order valence-corrected chi connectivity index (χ3v) is 3.89. The molecule has 2 nitrogen and oxygen atoms in total. The summed E-state index contributed by atoms with van der Waals surface area (Å²) in [6.45, 7) is 2.07. The van der Waals surface area contributed by atoms with E-state index in [1.807, 2.05) is 13.2 Å². The normalized spacial score (nSPS) is 10.8. The fourth-order valence-electron chi connectivity index (χ4n) is 2.39. The summed E-state index contributed by atoms with van der Waals surface area (Å²) in [6.07, 6.45) is 1.83. The number of anilines is 2. The molecule has 0 fully saturated rings. The predicted molar refractivity (Wildman–Crippen MR) is 88.7 cm³/mol. The van der Waals surface area contributed by atoms with Crippen LogP contribution in [0.3, 0.4) is 0 Å². The molecule has 0 saturated carbocycles. The molecule has 1 aromatic heterocycles. The molecule has 0 spiro atoms. The van der Waals surface area contributed by atoms with Crippen LogP contribution in [0.2, 0.25) is 0 Å². The molecule has 0 unspecified atom stereocenters. The first kappa shape index (κ1) is 13.1. The highest BCUT2D eigenvalue weighted by molar-refractivity contribution is 9.10. The highest BCUT2D eigenvalue weighted by Gasteiger charge is 2.09. The van der Waals surface area contributed by atoms with Gasteiger partial charge in [-0.15, -0.1) is 0 Å². The van der Waals surface area contributed by atoms with E-state index in [1.165, 1.54) is 10.8 Å². The molecule has 100 valence electrons. The Bertz CT molecular complexity index is 768. The van der Waals surface area contributed by atoms with Crippen molar-refractivity contribution < 1.29 is 0 Å². The summed E-state index contributed by atoms with van der Waals surface area (Å²) >= 11 is 3.45. The Labute approximate surface area is 127 Å². The van der Waals surface area contributed by atoms with Gasteiger partial charge in [-0.05, 0) is 57.4 Å². The molecule has 1 heterocycles. The third-order valence-electron chi connectivity index (χ3n) is 3.46. The van der Waals surface area contributed by atoms with Gasteiger partial charge in [0, 0.05) is 23.4 Å². The third kappa shape index (κ3) is 2.41. The summed E-state index contributed by atoms with van der Waals surface area (Å²) in [7, 11) is 2.05. The van der Waals surface area contributed by atoms with E-state index in [0.29, 0.717) is 0 Å². The van der Waals surface area contributed by atoms with E-state index in [2.05, 4.69) is 81.3 Å². The largest absolute Gasteiger partial charge is 0.329 e. The molecule has 0 bridgehead atoms. The van der Waals surface area contributed by atoms with Gasteiger partial charge in [0.25, 0.3) is 0 Å². The summed E-state index contributed by atoms with van der Waals surface area (Å²) in [6, 6.07) is 16.9.